The Balaban J connectivity index is 1.25. The Labute approximate surface area is 316 Å². The van der Waals surface area contributed by atoms with Gasteiger partial charge in [0.05, 0.1) is 12.4 Å². The number of carbonyl (C=O) groups is 6. The summed E-state index contributed by atoms with van der Waals surface area (Å²) >= 11 is 13.2. The van der Waals surface area contributed by atoms with Gasteiger partial charge in [-0.1, -0.05) is 42.5 Å². The van der Waals surface area contributed by atoms with Crippen LogP contribution in [0.5, 0.6) is 0 Å². The fourth-order valence-corrected chi connectivity index (χ4v) is 7.44. The summed E-state index contributed by atoms with van der Waals surface area (Å²) in [7, 11) is 0. The molecular formula is C35H44Cl2N6O8S. The molecule has 0 saturated carbocycles. The fraction of sp³-hybridized carbons (Fsp3) is 0.486. The molecule has 17 heteroatoms. The van der Waals surface area contributed by atoms with Gasteiger partial charge in [-0.3, -0.25) is 24.1 Å². The average Bonchev–Trinajstić information content (AvgIpc) is 3.84. The molecule has 2 aliphatic heterocycles. The van der Waals surface area contributed by atoms with Crippen LogP contribution in [0.2, 0.25) is 0 Å². The second kappa shape index (κ2) is 20.1. The van der Waals surface area contributed by atoms with Crippen molar-refractivity contribution in [2.45, 2.75) is 57.0 Å². The molecule has 4 atom stereocenters. The molecule has 0 bridgehead atoms. The monoisotopic (exact) mass is 778 g/mol. The Morgan fingerprint density at radius 3 is 2.25 bits per heavy atom. The first-order chi connectivity index (χ1) is 25.0. The van der Waals surface area contributed by atoms with E-state index in [0.29, 0.717) is 49.0 Å². The van der Waals surface area contributed by atoms with E-state index in [0.717, 1.165) is 11.3 Å². The van der Waals surface area contributed by atoms with E-state index >= 15 is 0 Å². The summed E-state index contributed by atoms with van der Waals surface area (Å²) in [6.07, 6.45) is 0.241. The van der Waals surface area contributed by atoms with Gasteiger partial charge >= 0.3 is 12.1 Å². The van der Waals surface area contributed by atoms with Gasteiger partial charge in [0.2, 0.25) is 23.6 Å². The number of thioether (sulfide) groups is 1. The number of alkyl halides is 2. The van der Waals surface area contributed by atoms with Crippen molar-refractivity contribution in [3.8, 4) is 0 Å². The maximum atomic E-state index is 13.3. The van der Waals surface area contributed by atoms with E-state index in [-0.39, 0.29) is 25.4 Å². The van der Waals surface area contributed by atoms with Gasteiger partial charge in [-0.25, -0.2) is 9.59 Å². The summed E-state index contributed by atoms with van der Waals surface area (Å²) in [6, 6.07) is 12.4. The molecule has 2 aromatic rings. The highest BCUT2D eigenvalue weighted by Crippen LogP contribution is 2.23. The topological polar surface area (TPSA) is 178 Å². The van der Waals surface area contributed by atoms with Crippen LogP contribution < -0.4 is 20.9 Å². The number of hydrogen-bond acceptors (Lipinski definition) is 9. The second-order valence-corrected chi connectivity index (χ2v) is 14.1. The summed E-state index contributed by atoms with van der Waals surface area (Å²) in [5.74, 6) is -2.07. The van der Waals surface area contributed by atoms with Gasteiger partial charge < -0.3 is 35.6 Å². The van der Waals surface area contributed by atoms with Crippen molar-refractivity contribution < 1.29 is 38.6 Å². The van der Waals surface area contributed by atoms with Crippen LogP contribution in [0.3, 0.4) is 0 Å². The molecule has 52 heavy (non-hydrogen) atoms. The molecule has 2 aliphatic rings. The maximum Gasteiger partial charge on any atom is 0.411 e. The molecule has 0 aliphatic carbocycles. The molecule has 2 saturated heterocycles. The molecule has 14 nitrogen and oxygen atoms in total. The van der Waals surface area contributed by atoms with Crippen LogP contribution in [0.25, 0.3) is 0 Å². The van der Waals surface area contributed by atoms with E-state index in [1.165, 1.54) is 28.5 Å². The highest BCUT2D eigenvalue weighted by Gasteiger charge is 2.38. The number of hydrogen-bond donors (Lipinski definition) is 4. The van der Waals surface area contributed by atoms with Gasteiger partial charge in [0.25, 0.3) is 0 Å². The number of likely N-dealkylation sites (tertiary alicyclic amines) is 1. The highest BCUT2D eigenvalue weighted by molar-refractivity contribution is 7.99. The summed E-state index contributed by atoms with van der Waals surface area (Å²) in [5.41, 5.74) is 2.39. The summed E-state index contributed by atoms with van der Waals surface area (Å²) in [6.45, 7) is 2.55. The number of rotatable bonds is 17. The third kappa shape index (κ3) is 11.4. The molecule has 2 aromatic carbocycles. The number of carboxylic acids is 1. The van der Waals surface area contributed by atoms with Crippen LogP contribution in [0.4, 0.5) is 10.5 Å². The summed E-state index contributed by atoms with van der Waals surface area (Å²) < 4.78 is 5.37. The van der Waals surface area contributed by atoms with Crippen LogP contribution in [0.1, 0.15) is 30.9 Å². The standard InChI is InChI=1S/C35H44Cl2N6O8S/c1-23(39-33(47)29-21-52-22-43(29)35(50)51-20-25-6-3-2-4-7-25)31(45)38-19-30(44)42-15-5-8-28(42)32(46)40-27(34(48)49)18-24-9-11-26(12-10-24)41(16-13-36)17-14-37/h2-4,6-7,9-12,23,27-29H,5,8,13-22H2,1H3,(H,38,45)(H,39,47)(H,40,46)(H,48,49)/t23-,27-,28-,29-/m0/s1. The number of aliphatic carboxylic acids is 1. The molecule has 0 spiro atoms. The van der Waals surface area contributed by atoms with Crippen LogP contribution >= 0.6 is 35.0 Å². The number of carboxylic acid groups (broad SMARTS) is 1. The predicted molar refractivity (Wildman–Crippen MR) is 198 cm³/mol. The van der Waals surface area contributed by atoms with Crippen molar-refractivity contribution in [1.82, 2.24) is 25.8 Å². The Kier molecular flexibility index (Phi) is 15.7. The van der Waals surface area contributed by atoms with Crippen molar-refractivity contribution in [3.05, 3.63) is 65.7 Å². The Bertz CT molecular complexity index is 1550. The molecule has 2 fully saturated rings. The summed E-state index contributed by atoms with van der Waals surface area (Å²) in [4.78, 5) is 81.7. The van der Waals surface area contributed by atoms with Crippen molar-refractivity contribution >= 4 is 76.3 Å². The van der Waals surface area contributed by atoms with E-state index in [1.807, 2.05) is 47.4 Å². The van der Waals surface area contributed by atoms with Gasteiger partial charge in [0.1, 0.15) is 30.8 Å². The lowest BCUT2D eigenvalue weighted by atomic mass is 10.0. The number of halogens is 2. The summed E-state index contributed by atoms with van der Waals surface area (Å²) in [5, 5.41) is 17.6. The van der Waals surface area contributed by atoms with Gasteiger partial charge in [-0.15, -0.1) is 35.0 Å². The fourth-order valence-electron chi connectivity index (χ4n) is 5.89. The minimum Gasteiger partial charge on any atom is -0.480 e. The van der Waals surface area contributed by atoms with Crippen LogP contribution in [0, 0.1) is 0 Å². The first kappa shape index (κ1) is 40.6. The Hall–Kier alpha value is -4.21. The lowest BCUT2D eigenvalue weighted by Crippen LogP contribution is -2.55. The van der Waals surface area contributed by atoms with Crippen molar-refractivity contribution in [2.75, 3.05) is 54.5 Å². The molecule has 0 unspecified atom stereocenters. The SMILES string of the molecule is C[C@H](NC(=O)[C@@H]1CSCN1C(=O)OCc1ccccc1)C(=O)NCC(=O)N1CCC[C@H]1C(=O)N[C@@H](Cc1ccc(N(CCCl)CCCl)cc1)C(=O)O. The zero-order valence-electron chi connectivity index (χ0n) is 28.8. The zero-order chi connectivity index (χ0) is 37.6. The van der Waals surface area contributed by atoms with Crippen LogP contribution in [-0.4, -0.2) is 124 Å². The lowest BCUT2D eigenvalue weighted by molar-refractivity contribution is -0.144. The van der Waals surface area contributed by atoms with Gasteiger partial charge in [0, 0.05) is 49.3 Å². The number of anilines is 1. The third-order valence-corrected chi connectivity index (χ3v) is 10.1. The predicted octanol–water partition coefficient (Wildman–Crippen LogP) is 2.41. The smallest absolute Gasteiger partial charge is 0.411 e. The van der Waals surface area contributed by atoms with Crippen LogP contribution in [0.15, 0.2) is 54.6 Å². The molecule has 0 aromatic heterocycles. The number of nitrogens with one attached hydrogen (secondary N) is 3. The number of benzene rings is 2. The molecule has 0 radical (unpaired) electrons. The van der Waals surface area contributed by atoms with Gasteiger partial charge in [-0.2, -0.15) is 0 Å². The third-order valence-electron chi connectivity index (χ3n) is 8.73. The van der Waals surface area contributed by atoms with Crippen LogP contribution in [-0.2, 0) is 41.7 Å². The maximum absolute atomic E-state index is 13.3. The molecule has 282 valence electrons. The second-order valence-electron chi connectivity index (χ2n) is 12.4. The first-order valence-corrected chi connectivity index (χ1v) is 19.2. The number of nitrogens with zero attached hydrogens (tertiary/aromatic N) is 3. The van der Waals surface area contributed by atoms with Gasteiger partial charge in [0.15, 0.2) is 0 Å². The largest absolute Gasteiger partial charge is 0.480 e. The first-order valence-electron chi connectivity index (χ1n) is 16.9. The van der Waals surface area contributed by atoms with Crippen molar-refractivity contribution in [1.29, 1.82) is 0 Å². The highest BCUT2D eigenvalue weighted by atomic mass is 35.5. The van der Waals surface area contributed by atoms with E-state index < -0.39 is 66.4 Å². The zero-order valence-corrected chi connectivity index (χ0v) is 31.1. The minimum absolute atomic E-state index is 0.0267. The average molecular weight is 780 g/mol. The molecule has 2 heterocycles. The van der Waals surface area contributed by atoms with E-state index in [1.54, 1.807) is 12.1 Å². The van der Waals surface area contributed by atoms with E-state index in [4.69, 9.17) is 27.9 Å². The molecule has 5 amide bonds. The number of amides is 5. The van der Waals surface area contributed by atoms with E-state index in [9.17, 15) is 33.9 Å². The number of ether oxygens (including phenoxy) is 1. The lowest BCUT2D eigenvalue weighted by Gasteiger charge is -2.26. The van der Waals surface area contributed by atoms with Crippen molar-refractivity contribution in [2.24, 2.45) is 0 Å². The molecule has 4 rings (SSSR count). The Morgan fingerprint density at radius 1 is 0.923 bits per heavy atom. The van der Waals surface area contributed by atoms with E-state index in [2.05, 4.69) is 16.0 Å². The van der Waals surface area contributed by atoms with Gasteiger partial charge in [-0.05, 0) is 43.0 Å². The molecular weight excluding hydrogens is 735 g/mol. The normalized spacial score (nSPS) is 17.9. The Morgan fingerprint density at radius 2 is 1.60 bits per heavy atom. The quantitative estimate of drug-likeness (QED) is 0.175. The number of carbonyl (C=O) groups excluding carboxylic acids is 5. The van der Waals surface area contributed by atoms with Crippen molar-refractivity contribution in [3.63, 3.8) is 0 Å². The molecule has 4 N–H and O–H groups in total. The minimum atomic E-state index is -1.23.